The van der Waals surface area contributed by atoms with Crippen molar-refractivity contribution in [2.75, 3.05) is 26.2 Å². The van der Waals surface area contributed by atoms with Gasteiger partial charge in [-0.3, -0.25) is 0 Å². The van der Waals surface area contributed by atoms with E-state index < -0.39 is 5.60 Å². The minimum Gasteiger partial charge on any atom is -0.388 e. The lowest BCUT2D eigenvalue weighted by atomic mass is 9.80. The van der Waals surface area contributed by atoms with Gasteiger partial charge in [-0.25, -0.2) is 0 Å². The number of piperidine rings is 2. The summed E-state index contributed by atoms with van der Waals surface area (Å²) in [7, 11) is 0. The molecule has 1 unspecified atom stereocenters. The van der Waals surface area contributed by atoms with Crippen LogP contribution in [0, 0.1) is 0 Å². The summed E-state index contributed by atoms with van der Waals surface area (Å²) < 4.78 is 0. The maximum atomic E-state index is 10.6. The first-order chi connectivity index (χ1) is 7.24. The monoisotopic (exact) mass is 212 g/mol. The molecular weight excluding hydrogens is 188 g/mol. The van der Waals surface area contributed by atoms with Gasteiger partial charge in [0, 0.05) is 19.1 Å². The Hall–Kier alpha value is -0.120. The van der Waals surface area contributed by atoms with Crippen LogP contribution in [0.1, 0.15) is 39.0 Å². The van der Waals surface area contributed by atoms with E-state index in [-0.39, 0.29) is 0 Å². The molecule has 0 aromatic heterocycles. The molecule has 2 fully saturated rings. The molecule has 0 aliphatic carbocycles. The van der Waals surface area contributed by atoms with Crippen LogP contribution in [0.25, 0.3) is 0 Å². The quantitative estimate of drug-likeness (QED) is 0.716. The fourth-order valence-corrected chi connectivity index (χ4v) is 2.92. The Morgan fingerprint density at radius 1 is 1.33 bits per heavy atom. The van der Waals surface area contributed by atoms with E-state index in [1.54, 1.807) is 0 Å². The lowest BCUT2D eigenvalue weighted by molar-refractivity contribution is -0.0552. The second kappa shape index (κ2) is 4.81. The first-order valence-corrected chi connectivity index (χ1v) is 6.43. The molecule has 3 nitrogen and oxygen atoms in total. The van der Waals surface area contributed by atoms with Crippen LogP contribution in [0.15, 0.2) is 0 Å². The van der Waals surface area contributed by atoms with E-state index in [1.165, 1.54) is 12.8 Å². The number of nitrogens with zero attached hydrogens (tertiary/aromatic N) is 1. The molecule has 88 valence electrons. The molecule has 2 rings (SSSR count). The summed E-state index contributed by atoms with van der Waals surface area (Å²) in [5.41, 5.74) is -0.425. The van der Waals surface area contributed by atoms with Gasteiger partial charge in [0.1, 0.15) is 0 Å². The SMILES string of the molecule is CCN1CCC(O)(C2CCCCN2)CC1. The molecule has 0 radical (unpaired) electrons. The van der Waals surface area contributed by atoms with E-state index in [2.05, 4.69) is 17.1 Å². The van der Waals surface area contributed by atoms with Crippen LogP contribution >= 0.6 is 0 Å². The lowest BCUT2D eigenvalue weighted by Crippen LogP contribution is -2.57. The molecule has 0 bridgehead atoms. The highest BCUT2D eigenvalue weighted by Crippen LogP contribution is 2.29. The third-order valence-electron chi connectivity index (χ3n) is 4.13. The molecule has 2 aliphatic rings. The summed E-state index contributed by atoms with van der Waals surface area (Å²) in [4.78, 5) is 2.43. The maximum Gasteiger partial charge on any atom is 0.0824 e. The number of rotatable bonds is 2. The highest BCUT2D eigenvalue weighted by Gasteiger charge is 2.39. The topological polar surface area (TPSA) is 35.5 Å². The van der Waals surface area contributed by atoms with E-state index in [0.717, 1.165) is 45.4 Å². The van der Waals surface area contributed by atoms with Gasteiger partial charge in [-0.1, -0.05) is 13.3 Å². The molecule has 2 saturated heterocycles. The zero-order chi connectivity index (χ0) is 10.7. The largest absolute Gasteiger partial charge is 0.388 e. The summed E-state index contributed by atoms with van der Waals surface area (Å²) in [6.45, 7) is 6.53. The maximum absolute atomic E-state index is 10.6. The first kappa shape index (κ1) is 11.4. The average molecular weight is 212 g/mol. The normalized spacial score (nSPS) is 32.8. The summed E-state index contributed by atoms with van der Waals surface area (Å²) in [5.74, 6) is 0. The molecule has 0 aromatic rings. The minimum atomic E-state index is -0.425. The van der Waals surface area contributed by atoms with Gasteiger partial charge < -0.3 is 15.3 Å². The van der Waals surface area contributed by atoms with Gasteiger partial charge in [0.15, 0.2) is 0 Å². The molecule has 15 heavy (non-hydrogen) atoms. The van der Waals surface area contributed by atoms with Crippen LogP contribution in [-0.4, -0.2) is 47.8 Å². The fraction of sp³-hybridized carbons (Fsp3) is 1.00. The Kier molecular flexibility index (Phi) is 3.65. The Balaban J connectivity index is 1.89. The third-order valence-corrected chi connectivity index (χ3v) is 4.13. The van der Waals surface area contributed by atoms with Crippen LogP contribution in [0.2, 0.25) is 0 Å². The fourth-order valence-electron chi connectivity index (χ4n) is 2.92. The van der Waals surface area contributed by atoms with E-state index in [1.807, 2.05) is 0 Å². The first-order valence-electron chi connectivity index (χ1n) is 6.43. The van der Waals surface area contributed by atoms with Crippen molar-refractivity contribution in [2.24, 2.45) is 0 Å². The van der Waals surface area contributed by atoms with Crippen molar-refractivity contribution in [3.05, 3.63) is 0 Å². The van der Waals surface area contributed by atoms with Gasteiger partial charge in [0.05, 0.1) is 5.60 Å². The highest BCUT2D eigenvalue weighted by molar-refractivity contribution is 4.96. The molecule has 0 spiro atoms. The van der Waals surface area contributed by atoms with Gasteiger partial charge in [0.25, 0.3) is 0 Å². The molecular formula is C12H24N2O. The van der Waals surface area contributed by atoms with Gasteiger partial charge in [0.2, 0.25) is 0 Å². The van der Waals surface area contributed by atoms with Crippen molar-refractivity contribution in [3.63, 3.8) is 0 Å². The van der Waals surface area contributed by atoms with Crippen molar-refractivity contribution in [3.8, 4) is 0 Å². The summed E-state index contributed by atoms with van der Waals surface area (Å²) in [6.07, 6.45) is 5.59. The van der Waals surface area contributed by atoms with Gasteiger partial charge in [-0.15, -0.1) is 0 Å². The standard InChI is InChI=1S/C12H24N2O/c1-2-14-9-6-12(15,7-10-14)11-5-3-4-8-13-11/h11,13,15H,2-10H2,1H3. The Labute approximate surface area is 92.8 Å². The number of likely N-dealkylation sites (tertiary alicyclic amines) is 1. The molecule has 0 amide bonds. The summed E-state index contributed by atoms with van der Waals surface area (Å²) >= 11 is 0. The van der Waals surface area contributed by atoms with Crippen LogP contribution in [0.5, 0.6) is 0 Å². The lowest BCUT2D eigenvalue weighted by Gasteiger charge is -2.44. The molecule has 0 saturated carbocycles. The molecule has 2 aliphatic heterocycles. The minimum absolute atomic E-state index is 0.352. The second-order valence-electron chi connectivity index (χ2n) is 5.04. The average Bonchev–Trinajstić information content (AvgIpc) is 2.31. The number of aliphatic hydroxyl groups is 1. The molecule has 2 heterocycles. The van der Waals surface area contributed by atoms with E-state index in [9.17, 15) is 5.11 Å². The number of hydrogen-bond acceptors (Lipinski definition) is 3. The van der Waals surface area contributed by atoms with Crippen LogP contribution < -0.4 is 5.32 Å². The predicted molar refractivity (Wildman–Crippen MR) is 61.9 cm³/mol. The Bertz CT molecular complexity index is 194. The second-order valence-corrected chi connectivity index (χ2v) is 5.04. The number of nitrogens with one attached hydrogen (secondary N) is 1. The predicted octanol–water partition coefficient (Wildman–Crippen LogP) is 0.975. The molecule has 3 heteroatoms. The Morgan fingerprint density at radius 2 is 2.07 bits per heavy atom. The van der Waals surface area contributed by atoms with Crippen molar-refractivity contribution >= 4 is 0 Å². The third kappa shape index (κ3) is 2.52. The van der Waals surface area contributed by atoms with Gasteiger partial charge >= 0.3 is 0 Å². The van der Waals surface area contributed by atoms with Crippen LogP contribution in [0.3, 0.4) is 0 Å². The number of hydrogen-bond donors (Lipinski definition) is 2. The zero-order valence-corrected chi connectivity index (χ0v) is 9.84. The van der Waals surface area contributed by atoms with Gasteiger partial charge in [-0.2, -0.15) is 0 Å². The van der Waals surface area contributed by atoms with E-state index in [4.69, 9.17) is 0 Å². The zero-order valence-electron chi connectivity index (χ0n) is 9.84. The molecule has 1 atom stereocenters. The summed E-state index contributed by atoms with van der Waals surface area (Å²) in [5, 5.41) is 14.1. The van der Waals surface area contributed by atoms with Crippen molar-refractivity contribution < 1.29 is 5.11 Å². The van der Waals surface area contributed by atoms with E-state index in [0.29, 0.717) is 6.04 Å². The van der Waals surface area contributed by atoms with Crippen molar-refractivity contribution in [1.82, 2.24) is 10.2 Å². The highest BCUT2D eigenvalue weighted by atomic mass is 16.3. The van der Waals surface area contributed by atoms with E-state index >= 15 is 0 Å². The van der Waals surface area contributed by atoms with Crippen molar-refractivity contribution in [2.45, 2.75) is 50.7 Å². The van der Waals surface area contributed by atoms with Crippen molar-refractivity contribution in [1.29, 1.82) is 0 Å². The summed E-state index contributed by atoms with van der Waals surface area (Å²) in [6, 6.07) is 0.352. The molecule has 2 N–H and O–H groups in total. The van der Waals surface area contributed by atoms with Crippen LogP contribution in [0.4, 0.5) is 0 Å². The Morgan fingerprint density at radius 3 is 2.60 bits per heavy atom. The smallest absolute Gasteiger partial charge is 0.0824 e. The van der Waals surface area contributed by atoms with Crippen LogP contribution in [-0.2, 0) is 0 Å². The molecule has 0 aromatic carbocycles. The van der Waals surface area contributed by atoms with Gasteiger partial charge in [-0.05, 0) is 38.8 Å².